The van der Waals surface area contributed by atoms with E-state index < -0.39 is 11.5 Å². The summed E-state index contributed by atoms with van der Waals surface area (Å²) in [5.41, 5.74) is 9.66. The summed E-state index contributed by atoms with van der Waals surface area (Å²) in [7, 11) is 0. The zero-order valence-corrected chi connectivity index (χ0v) is 23.0. The Morgan fingerprint density at radius 1 is 1.20 bits per heavy atom. The van der Waals surface area contributed by atoms with E-state index in [9.17, 15) is 19.5 Å². The van der Waals surface area contributed by atoms with E-state index in [1.165, 1.54) is 4.90 Å². The van der Waals surface area contributed by atoms with Gasteiger partial charge in [0.1, 0.15) is 11.4 Å². The topological polar surface area (TPSA) is 170 Å². The second-order valence-electron chi connectivity index (χ2n) is 10.7. The maximum absolute atomic E-state index is 13.3. The first-order chi connectivity index (χ1) is 19.1. The normalized spacial score (nSPS) is 16.1. The number of anilines is 2. The van der Waals surface area contributed by atoms with Crippen LogP contribution in [0.1, 0.15) is 58.7 Å². The molecule has 12 nitrogen and oxygen atoms in total. The molecule has 2 aliphatic rings. The van der Waals surface area contributed by atoms with Gasteiger partial charge in [0.05, 0.1) is 5.69 Å². The van der Waals surface area contributed by atoms with E-state index in [1.54, 1.807) is 35.4 Å². The lowest BCUT2D eigenvalue weighted by molar-refractivity contribution is 0.0623. The van der Waals surface area contributed by atoms with Crippen molar-refractivity contribution in [3.63, 3.8) is 0 Å². The largest absolute Gasteiger partial charge is 0.465 e. The summed E-state index contributed by atoms with van der Waals surface area (Å²) < 4.78 is 0. The maximum Gasteiger partial charge on any atom is 0.407 e. The Morgan fingerprint density at radius 2 is 1.90 bits per heavy atom. The van der Waals surface area contributed by atoms with E-state index in [1.807, 2.05) is 13.8 Å². The van der Waals surface area contributed by atoms with E-state index >= 15 is 0 Å². The van der Waals surface area contributed by atoms with Crippen LogP contribution in [0.25, 0.3) is 11.4 Å². The Kier molecular flexibility index (Phi) is 7.37. The Hall–Kier alpha value is -4.19. The number of benzene rings is 1. The zero-order chi connectivity index (χ0) is 28.6. The summed E-state index contributed by atoms with van der Waals surface area (Å²) in [6.07, 6.45) is 2.44. The highest BCUT2D eigenvalue weighted by Gasteiger charge is 2.38. The Morgan fingerprint density at radius 3 is 2.55 bits per heavy atom. The lowest BCUT2D eigenvalue weighted by Crippen LogP contribution is -2.49. The molecule has 0 spiro atoms. The number of nitrogens with one attached hydrogen (secondary N) is 2. The second-order valence-corrected chi connectivity index (χ2v) is 11.1. The van der Waals surface area contributed by atoms with Crippen molar-refractivity contribution >= 4 is 41.1 Å². The molecule has 3 heterocycles. The summed E-state index contributed by atoms with van der Waals surface area (Å²) in [6, 6.07) is 6.55. The molecule has 13 heteroatoms. The Balaban J connectivity index is 1.26. The monoisotopic (exact) mass is 566 g/mol. The van der Waals surface area contributed by atoms with Crippen LogP contribution in [-0.4, -0.2) is 84.5 Å². The molecule has 1 aliphatic heterocycles. The van der Waals surface area contributed by atoms with Gasteiger partial charge < -0.3 is 26.0 Å². The van der Waals surface area contributed by atoms with Gasteiger partial charge in [0.15, 0.2) is 0 Å². The van der Waals surface area contributed by atoms with Crippen molar-refractivity contribution in [1.29, 1.82) is 0 Å². The van der Waals surface area contributed by atoms with Crippen LogP contribution in [0, 0.1) is 0 Å². The summed E-state index contributed by atoms with van der Waals surface area (Å²) in [5, 5.41) is 19.6. The first-order valence-corrected chi connectivity index (χ1v) is 13.6. The molecule has 2 aromatic heterocycles. The van der Waals surface area contributed by atoms with Gasteiger partial charge in [-0.1, -0.05) is 13.8 Å². The quantitative estimate of drug-likeness (QED) is 0.329. The number of H-pyrrole nitrogens is 1. The van der Waals surface area contributed by atoms with Gasteiger partial charge >= 0.3 is 6.09 Å². The van der Waals surface area contributed by atoms with Gasteiger partial charge in [0, 0.05) is 54.6 Å². The third kappa shape index (κ3) is 5.18. The standard InChI is InChI=1S/C27H31ClN8O4/c1-27(2)13-16-14-30-25(29)32-20(16)21-19(27)22(34-33-21)23(37)31-17-5-3-15(4-6-17)24(38)35-10-7-18(8-11-35)36(12-9-28)26(39)40/h3-6,14,18H,7-13H2,1-2H3,(H,31,37)(H,33,34)(H,39,40)(H2,29,30,32). The van der Waals surface area contributed by atoms with E-state index in [0.29, 0.717) is 60.7 Å². The molecule has 1 fully saturated rings. The number of likely N-dealkylation sites (tertiary alicyclic amines) is 1. The van der Waals surface area contributed by atoms with Gasteiger partial charge in [0.2, 0.25) is 5.95 Å². The van der Waals surface area contributed by atoms with Crippen LogP contribution >= 0.6 is 11.6 Å². The van der Waals surface area contributed by atoms with Crippen molar-refractivity contribution in [3.8, 4) is 11.4 Å². The molecule has 5 rings (SSSR count). The van der Waals surface area contributed by atoms with Crippen LogP contribution in [0.4, 0.5) is 16.4 Å². The van der Waals surface area contributed by atoms with E-state index in [-0.39, 0.29) is 36.2 Å². The number of hydrogen-bond donors (Lipinski definition) is 4. The third-order valence-electron chi connectivity index (χ3n) is 7.56. The number of halogens is 1. The summed E-state index contributed by atoms with van der Waals surface area (Å²) in [4.78, 5) is 49.4. The number of aromatic amines is 1. The zero-order valence-electron chi connectivity index (χ0n) is 22.3. The van der Waals surface area contributed by atoms with Crippen molar-refractivity contribution in [2.45, 2.75) is 44.6 Å². The highest BCUT2D eigenvalue weighted by atomic mass is 35.5. The van der Waals surface area contributed by atoms with Crippen LogP contribution in [0.15, 0.2) is 30.5 Å². The molecule has 0 unspecified atom stereocenters. The van der Waals surface area contributed by atoms with Gasteiger partial charge in [0.25, 0.3) is 11.8 Å². The van der Waals surface area contributed by atoms with Crippen LogP contribution in [0.5, 0.6) is 0 Å². The summed E-state index contributed by atoms with van der Waals surface area (Å²) in [5.74, 6) is -0.119. The fraction of sp³-hybridized carbons (Fsp3) is 0.407. The number of fused-ring (bicyclic) bond motifs is 3. The maximum atomic E-state index is 13.3. The molecule has 5 N–H and O–H groups in total. The van der Waals surface area contributed by atoms with Gasteiger partial charge in [-0.2, -0.15) is 5.10 Å². The molecule has 40 heavy (non-hydrogen) atoms. The van der Waals surface area contributed by atoms with E-state index in [2.05, 4.69) is 25.5 Å². The smallest absolute Gasteiger partial charge is 0.407 e. The molecule has 0 bridgehead atoms. The number of amides is 3. The minimum absolute atomic E-state index is 0.139. The van der Waals surface area contributed by atoms with Crippen molar-refractivity contribution in [2.75, 3.05) is 36.6 Å². The molecule has 1 aliphatic carbocycles. The fourth-order valence-electron chi connectivity index (χ4n) is 5.63. The summed E-state index contributed by atoms with van der Waals surface area (Å²) in [6.45, 7) is 5.25. The molecule has 0 radical (unpaired) electrons. The number of aromatic nitrogens is 4. The number of nitrogen functional groups attached to an aromatic ring is 1. The molecular formula is C27H31ClN8O4. The molecule has 1 aromatic carbocycles. The first kappa shape index (κ1) is 27.4. The van der Waals surface area contributed by atoms with E-state index in [0.717, 1.165) is 11.1 Å². The van der Waals surface area contributed by atoms with Gasteiger partial charge in [-0.05, 0) is 54.5 Å². The lowest BCUT2D eigenvalue weighted by atomic mass is 9.73. The predicted octanol–water partition coefficient (Wildman–Crippen LogP) is 3.36. The Labute approximate surface area is 235 Å². The van der Waals surface area contributed by atoms with Crippen LogP contribution in [0.2, 0.25) is 0 Å². The predicted molar refractivity (Wildman–Crippen MR) is 150 cm³/mol. The second kappa shape index (κ2) is 10.8. The number of hydrogen-bond acceptors (Lipinski definition) is 7. The lowest BCUT2D eigenvalue weighted by Gasteiger charge is -2.37. The van der Waals surface area contributed by atoms with Crippen LogP contribution in [-0.2, 0) is 11.8 Å². The number of nitrogens with zero attached hydrogens (tertiary/aromatic N) is 5. The summed E-state index contributed by atoms with van der Waals surface area (Å²) >= 11 is 5.75. The van der Waals surface area contributed by atoms with Gasteiger partial charge in [-0.3, -0.25) is 14.7 Å². The highest BCUT2D eigenvalue weighted by Crippen LogP contribution is 2.42. The van der Waals surface area contributed by atoms with Crippen LogP contribution in [0.3, 0.4) is 0 Å². The van der Waals surface area contributed by atoms with E-state index in [4.69, 9.17) is 17.3 Å². The average Bonchev–Trinajstić information content (AvgIpc) is 3.39. The number of carbonyl (C=O) groups excluding carboxylic acids is 2. The van der Waals surface area contributed by atoms with Crippen molar-refractivity contribution < 1.29 is 19.5 Å². The number of piperidine rings is 1. The minimum Gasteiger partial charge on any atom is -0.465 e. The SMILES string of the molecule is CC1(C)Cc2cnc(N)nc2-c2n[nH]c(C(=O)Nc3ccc(C(=O)N4CCC(N(CCCl)C(=O)O)CC4)cc3)c21. The van der Waals surface area contributed by atoms with Crippen molar-refractivity contribution in [1.82, 2.24) is 30.0 Å². The van der Waals surface area contributed by atoms with Gasteiger partial charge in [-0.15, -0.1) is 11.6 Å². The van der Waals surface area contributed by atoms with Crippen LogP contribution < -0.4 is 11.1 Å². The Bertz CT molecular complexity index is 1450. The average molecular weight is 567 g/mol. The highest BCUT2D eigenvalue weighted by molar-refractivity contribution is 6.18. The fourth-order valence-corrected chi connectivity index (χ4v) is 5.82. The minimum atomic E-state index is -0.995. The molecular weight excluding hydrogens is 536 g/mol. The van der Waals surface area contributed by atoms with Crippen molar-refractivity contribution in [2.24, 2.45) is 0 Å². The molecule has 0 saturated carbocycles. The third-order valence-corrected chi connectivity index (χ3v) is 7.73. The van der Waals surface area contributed by atoms with Crippen molar-refractivity contribution in [3.05, 3.63) is 52.8 Å². The number of carbonyl (C=O) groups is 3. The first-order valence-electron chi connectivity index (χ1n) is 13.1. The molecule has 1 saturated heterocycles. The molecule has 0 atom stereocenters. The molecule has 210 valence electrons. The van der Waals surface area contributed by atoms with Gasteiger partial charge in [-0.25, -0.2) is 14.8 Å². The molecule has 3 aromatic rings. The number of rotatable bonds is 6. The molecule has 3 amide bonds. The number of carboxylic acid groups (broad SMARTS) is 1. The number of alkyl halides is 1. The number of nitrogens with two attached hydrogens (primary N) is 1.